The lowest BCUT2D eigenvalue weighted by Gasteiger charge is -2.28. The van der Waals surface area contributed by atoms with Crippen LogP contribution in [-0.4, -0.2) is 11.1 Å². The van der Waals surface area contributed by atoms with Crippen LogP contribution in [0.2, 0.25) is 0 Å². The molecule has 0 amide bonds. The van der Waals surface area contributed by atoms with E-state index in [-0.39, 0.29) is 0 Å². The SMILES string of the molecule is CCCCC1(C(=O)O)C=CCCC1. The van der Waals surface area contributed by atoms with Crippen molar-refractivity contribution >= 4 is 5.97 Å². The molecule has 74 valence electrons. The molecule has 0 aromatic heterocycles. The standard InChI is InChI=1S/C11H18O2/c1-2-3-7-11(10(12)13)8-5-4-6-9-11/h5,8H,2-4,6-7,9H2,1H3,(H,12,13). The van der Waals surface area contributed by atoms with Gasteiger partial charge < -0.3 is 5.11 Å². The summed E-state index contributed by atoms with van der Waals surface area (Å²) in [6, 6.07) is 0. The summed E-state index contributed by atoms with van der Waals surface area (Å²) in [6.07, 6.45) is 9.70. The van der Waals surface area contributed by atoms with Gasteiger partial charge in [-0.15, -0.1) is 0 Å². The Balaban J connectivity index is 2.68. The predicted molar refractivity (Wildman–Crippen MR) is 52.6 cm³/mol. The van der Waals surface area contributed by atoms with Crippen LogP contribution >= 0.6 is 0 Å². The van der Waals surface area contributed by atoms with Crippen LogP contribution in [0.15, 0.2) is 12.2 Å². The number of allylic oxidation sites excluding steroid dienone is 1. The highest BCUT2D eigenvalue weighted by atomic mass is 16.4. The van der Waals surface area contributed by atoms with Gasteiger partial charge in [0, 0.05) is 0 Å². The molecule has 0 aromatic rings. The van der Waals surface area contributed by atoms with Gasteiger partial charge in [-0.25, -0.2) is 0 Å². The third kappa shape index (κ3) is 2.33. The molecule has 2 heteroatoms. The zero-order valence-corrected chi connectivity index (χ0v) is 8.25. The van der Waals surface area contributed by atoms with Crippen molar-refractivity contribution in [1.29, 1.82) is 0 Å². The van der Waals surface area contributed by atoms with Gasteiger partial charge in [0.1, 0.15) is 0 Å². The van der Waals surface area contributed by atoms with Gasteiger partial charge >= 0.3 is 5.97 Å². The van der Waals surface area contributed by atoms with E-state index in [0.717, 1.165) is 38.5 Å². The third-order valence-electron chi connectivity index (χ3n) is 2.83. The first-order valence-electron chi connectivity index (χ1n) is 5.12. The molecule has 0 spiro atoms. The van der Waals surface area contributed by atoms with E-state index >= 15 is 0 Å². The number of unbranched alkanes of at least 4 members (excludes halogenated alkanes) is 1. The van der Waals surface area contributed by atoms with Crippen molar-refractivity contribution < 1.29 is 9.90 Å². The van der Waals surface area contributed by atoms with E-state index in [4.69, 9.17) is 5.11 Å². The van der Waals surface area contributed by atoms with Gasteiger partial charge in [-0.2, -0.15) is 0 Å². The van der Waals surface area contributed by atoms with Crippen molar-refractivity contribution in [2.24, 2.45) is 5.41 Å². The van der Waals surface area contributed by atoms with Crippen molar-refractivity contribution in [2.45, 2.75) is 45.4 Å². The zero-order chi connectivity index (χ0) is 9.73. The minimum atomic E-state index is -0.642. The van der Waals surface area contributed by atoms with Crippen molar-refractivity contribution in [2.75, 3.05) is 0 Å². The van der Waals surface area contributed by atoms with E-state index in [9.17, 15) is 4.79 Å². The maximum absolute atomic E-state index is 11.1. The topological polar surface area (TPSA) is 37.3 Å². The zero-order valence-electron chi connectivity index (χ0n) is 8.25. The van der Waals surface area contributed by atoms with E-state index in [1.807, 2.05) is 12.2 Å². The van der Waals surface area contributed by atoms with Gasteiger partial charge in [0.15, 0.2) is 0 Å². The molecule has 1 aliphatic rings. The molecule has 0 heterocycles. The minimum absolute atomic E-state index is 0.533. The first-order valence-corrected chi connectivity index (χ1v) is 5.12. The number of carboxylic acids is 1. The minimum Gasteiger partial charge on any atom is -0.481 e. The van der Waals surface area contributed by atoms with Gasteiger partial charge in [0.25, 0.3) is 0 Å². The average molecular weight is 182 g/mol. The van der Waals surface area contributed by atoms with E-state index in [2.05, 4.69) is 6.92 Å². The molecule has 0 radical (unpaired) electrons. The first kappa shape index (κ1) is 10.3. The van der Waals surface area contributed by atoms with Crippen molar-refractivity contribution in [1.82, 2.24) is 0 Å². The summed E-state index contributed by atoms with van der Waals surface area (Å²) in [4.78, 5) is 11.1. The molecule has 1 rings (SSSR count). The smallest absolute Gasteiger partial charge is 0.313 e. The lowest BCUT2D eigenvalue weighted by molar-refractivity contribution is -0.147. The lowest BCUT2D eigenvalue weighted by atomic mass is 9.75. The van der Waals surface area contributed by atoms with Crippen molar-refractivity contribution in [3.8, 4) is 0 Å². The van der Waals surface area contributed by atoms with Crippen LogP contribution in [0.4, 0.5) is 0 Å². The van der Waals surface area contributed by atoms with Crippen LogP contribution in [0.3, 0.4) is 0 Å². The van der Waals surface area contributed by atoms with Crippen LogP contribution < -0.4 is 0 Å². The van der Waals surface area contributed by atoms with Gasteiger partial charge in [0.05, 0.1) is 5.41 Å². The Hall–Kier alpha value is -0.790. The Morgan fingerprint density at radius 3 is 2.85 bits per heavy atom. The van der Waals surface area contributed by atoms with Crippen LogP contribution in [0, 0.1) is 5.41 Å². The third-order valence-corrected chi connectivity index (χ3v) is 2.83. The summed E-state index contributed by atoms with van der Waals surface area (Å²) in [6.45, 7) is 2.10. The molecule has 1 atom stereocenters. The number of rotatable bonds is 4. The fraction of sp³-hybridized carbons (Fsp3) is 0.727. The van der Waals surface area contributed by atoms with Crippen molar-refractivity contribution in [3.05, 3.63) is 12.2 Å². The normalized spacial score (nSPS) is 27.5. The van der Waals surface area contributed by atoms with Crippen molar-refractivity contribution in [3.63, 3.8) is 0 Å². The molecule has 0 aliphatic heterocycles. The number of carboxylic acid groups (broad SMARTS) is 1. The maximum atomic E-state index is 11.1. The summed E-state index contributed by atoms with van der Waals surface area (Å²) in [5, 5.41) is 9.16. The number of hydrogen-bond acceptors (Lipinski definition) is 1. The number of hydrogen-bond donors (Lipinski definition) is 1. The first-order chi connectivity index (χ1) is 6.21. The molecule has 0 bridgehead atoms. The molecular formula is C11H18O2. The molecule has 0 fully saturated rings. The fourth-order valence-electron chi connectivity index (χ4n) is 1.91. The molecule has 0 saturated heterocycles. The highest BCUT2D eigenvalue weighted by Gasteiger charge is 2.35. The van der Waals surface area contributed by atoms with Gasteiger partial charge in [-0.05, 0) is 25.7 Å². The molecule has 13 heavy (non-hydrogen) atoms. The highest BCUT2D eigenvalue weighted by Crippen LogP contribution is 2.36. The summed E-state index contributed by atoms with van der Waals surface area (Å²) in [5.74, 6) is -0.642. The Bertz CT molecular complexity index is 208. The second-order valence-electron chi connectivity index (χ2n) is 3.86. The second-order valence-corrected chi connectivity index (χ2v) is 3.86. The van der Waals surface area contributed by atoms with Crippen LogP contribution in [-0.2, 0) is 4.79 Å². The Kier molecular flexibility index (Phi) is 3.52. The lowest BCUT2D eigenvalue weighted by Crippen LogP contribution is -2.30. The Morgan fingerprint density at radius 2 is 2.38 bits per heavy atom. The monoisotopic (exact) mass is 182 g/mol. The van der Waals surface area contributed by atoms with Gasteiger partial charge in [-0.1, -0.05) is 31.9 Å². The molecule has 0 saturated carbocycles. The highest BCUT2D eigenvalue weighted by molar-refractivity contribution is 5.77. The molecule has 1 unspecified atom stereocenters. The van der Waals surface area contributed by atoms with Gasteiger partial charge in [0.2, 0.25) is 0 Å². The number of carbonyl (C=O) groups is 1. The number of aliphatic carboxylic acids is 1. The Labute approximate surface area is 79.6 Å². The quantitative estimate of drug-likeness (QED) is 0.678. The summed E-state index contributed by atoms with van der Waals surface area (Å²) in [7, 11) is 0. The summed E-state index contributed by atoms with van der Waals surface area (Å²) < 4.78 is 0. The predicted octanol–water partition coefficient (Wildman–Crippen LogP) is 2.99. The van der Waals surface area contributed by atoms with E-state index < -0.39 is 11.4 Å². The fourth-order valence-corrected chi connectivity index (χ4v) is 1.91. The van der Waals surface area contributed by atoms with E-state index in [0.29, 0.717) is 0 Å². The van der Waals surface area contributed by atoms with Crippen LogP contribution in [0.5, 0.6) is 0 Å². The van der Waals surface area contributed by atoms with E-state index in [1.54, 1.807) is 0 Å². The summed E-state index contributed by atoms with van der Waals surface area (Å²) in [5.41, 5.74) is -0.533. The maximum Gasteiger partial charge on any atom is 0.313 e. The summed E-state index contributed by atoms with van der Waals surface area (Å²) >= 11 is 0. The van der Waals surface area contributed by atoms with E-state index in [1.165, 1.54) is 0 Å². The largest absolute Gasteiger partial charge is 0.481 e. The van der Waals surface area contributed by atoms with Crippen LogP contribution in [0.25, 0.3) is 0 Å². The average Bonchev–Trinajstić information content (AvgIpc) is 2.16. The van der Waals surface area contributed by atoms with Gasteiger partial charge in [-0.3, -0.25) is 4.79 Å². The molecular weight excluding hydrogens is 164 g/mol. The van der Waals surface area contributed by atoms with Crippen LogP contribution in [0.1, 0.15) is 45.4 Å². The molecule has 0 aromatic carbocycles. The molecule has 1 aliphatic carbocycles. The Morgan fingerprint density at radius 1 is 1.62 bits per heavy atom. The second kappa shape index (κ2) is 4.45. The molecule has 1 N–H and O–H groups in total. The molecule has 2 nitrogen and oxygen atoms in total.